The zero-order valence-corrected chi connectivity index (χ0v) is 64.3. The molecule has 0 aliphatic rings. The van der Waals surface area contributed by atoms with E-state index < -0.39 is 0 Å². The van der Waals surface area contributed by atoms with Gasteiger partial charge in [-0.3, -0.25) is 0 Å². The Morgan fingerprint density at radius 1 is 0.311 bits per heavy atom. The lowest BCUT2D eigenvalue weighted by Gasteiger charge is -2.29. The van der Waals surface area contributed by atoms with Crippen LogP contribution in [0.4, 0.5) is 34.1 Å². The third-order valence-electron chi connectivity index (χ3n) is 21.6. The highest BCUT2D eigenvalue weighted by Gasteiger charge is 2.26. The first-order valence-electron chi connectivity index (χ1n) is 39.3. The van der Waals surface area contributed by atoms with E-state index in [0.29, 0.717) is 11.8 Å². The first-order chi connectivity index (χ1) is 49.9. The maximum absolute atomic E-state index is 6.98. The molecule has 4 N–H and O–H groups in total. The molecule has 2 unspecified atom stereocenters. The van der Waals surface area contributed by atoms with Gasteiger partial charge in [-0.25, -0.2) is 0 Å². The Hall–Kier alpha value is -9.06. The maximum Gasteiger partial charge on any atom is 0.0464 e. The molecule has 0 saturated heterocycles. The van der Waals surface area contributed by atoms with E-state index in [4.69, 9.17) is 11.5 Å². The summed E-state index contributed by atoms with van der Waals surface area (Å²) >= 11 is 0. The van der Waals surface area contributed by atoms with Crippen LogP contribution in [0.5, 0.6) is 0 Å². The molecule has 0 aliphatic carbocycles. The second-order valence-corrected chi connectivity index (χ2v) is 30.8. The van der Waals surface area contributed by atoms with Crippen LogP contribution in [0.25, 0.3) is 66.8 Å². The lowest BCUT2D eigenvalue weighted by molar-refractivity contribution is 0.390. The van der Waals surface area contributed by atoms with Crippen LogP contribution in [-0.4, -0.2) is 0 Å². The summed E-state index contributed by atoms with van der Waals surface area (Å²) in [4.78, 5) is 4.88. The number of nitrogens with zero attached hydrogens (tertiary/aromatic N) is 2. The first-order valence-corrected chi connectivity index (χ1v) is 39.3. The molecule has 0 fully saturated rings. The SMILES string of the molecule is CCCCCCc1cc(-c2ccc(N(c3ccc(-c4ccc(CC(C)C)cc4)cc3)c3ccc(-c4ccc(C(N)(CC)CCC)cc4)cc3)cc2C)c(CCCCCC)cc1-c1ccc(N(c2ccc(-c3ccc(CC(C)C)cc3)cc2)c2ccc(-c3ccc(C(C)(N)CCC)cc3)cc2)cc1C. The number of aryl methyl sites for hydroxylation is 4. The molecule has 2 atom stereocenters. The summed E-state index contributed by atoms with van der Waals surface area (Å²) in [5.41, 5.74) is 45.4. The van der Waals surface area contributed by atoms with E-state index in [1.54, 1.807) is 0 Å². The Bertz CT molecular complexity index is 4480. The third-order valence-corrected chi connectivity index (χ3v) is 21.6. The fraction of sp³-hybridized carbons (Fsp3) is 0.333. The molecule has 0 saturated carbocycles. The van der Waals surface area contributed by atoms with Crippen molar-refractivity contribution in [3.63, 3.8) is 0 Å². The molecule has 0 spiro atoms. The standard InChI is InChI=1S/C99H116N4/c1-13-18-20-22-24-84-69-97(95-61-59-93(67-73(95)11)103(89-52-40-81(41-53-89)77-32-28-75(29-33-77)65-71(8)9)91-56-44-83(45-57-91)79-36-48-87(49-37-79)99(101,17-5)63-16-4)85(25-23-21-19-14-2)68-96(84)94-60-58-92(66-72(94)10)102(88-50-38-80(39-51-88)76-30-26-74(27-31-76)64-70(6)7)90-54-42-82(43-55-90)78-34-46-86(47-35-78)98(12,100)62-15-3/h26-61,66-71H,13-25,62-65,100-101H2,1-12H3. The van der Waals surface area contributed by atoms with Gasteiger partial charge < -0.3 is 21.3 Å². The predicted octanol–water partition coefficient (Wildman–Crippen LogP) is 28.2. The zero-order chi connectivity index (χ0) is 72.6. The van der Waals surface area contributed by atoms with Crippen LogP contribution in [0.2, 0.25) is 0 Å². The van der Waals surface area contributed by atoms with E-state index in [9.17, 15) is 0 Å². The predicted molar refractivity (Wildman–Crippen MR) is 448 cm³/mol. The molecule has 0 radical (unpaired) electrons. The Kier molecular flexibility index (Phi) is 25.5. The molecule has 0 bridgehead atoms. The van der Waals surface area contributed by atoms with Gasteiger partial charge in [0.1, 0.15) is 0 Å². The average molecular weight is 1360 g/mol. The van der Waals surface area contributed by atoms with Crippen LogP contribution < -0.4 is 21.3 Å². The minimum atomic E-state index is -0.351. The minimum absolute atomic E-state index is 0.309. The van der Waals surface area contributed by atoms with Crippen molar-refractivity contribution in [3.05, 3.63) is 287 Å². The summed E-state index contributed by atoms with van der Waals surface area (Å²) in [6.07, 6.45) is 18.7. The summed E-state index contributed by atoms with van der Waals surface area (Å²) in [5.74, 6) is 1.24. The highest BCUT2D eigenvalue weighted by Crippen LogP contribution is 2.45. The molecule has 11 aromatic rings. The number of benzene rings is 11. The molecule has 0 amide bonds. The quantitative estimate of drug-likeness (QED) is 0.0403. The Morgan fingerprint density at radius 2 is 0.612 bits per heavy atom. The van der Waals surface area contributed by atoms with Gasteiger partial charge in [-0.2, -0.15) is 0 Å². The van der Waals surface area contributed by atoms with E-state index in [1.165, 1.54) is 150 Å². The largest absolute Gasteiger partial charge is 0.322 e. The topological polar surface area (TPSA) is 58.5 Å². The van der Waals surface area contributed by atoms with E-state index in [2.05, 4.69) is 336 Å². The fourth-order valence-corrected chi connectivity index (χ4v) is 15.7. The summed E-state index contributed by atoms with van der Waals surface area (Å²) < 4.78 is 0. The van der Waals surface area contributed by atoms with E-state index >= 15 is 0 Å². The minimum Gasteiger partial charge on any atom is -0.322 e. The molecule has 103 heavy (non-hydrogen) atoms. The van der Waals surface area contributed by atoms with Crippen LogP contribution in [0.15, 0.2) is 243 Å². The van der Waals surface area contributed by atoms with Gasteiger partial charge in [-0.15, -0.1) is 0 Å². The zero-order valence-electron chi connectivity index (χ0n) is 64.3. The van der Waals surface area contributed by atoms with Crippen molar-refractivity contribution in [3.8, 4) is 66.8 Å². The molecule has 0 aromatic heterocycles. The van der Waals surface area contributed by atoms with Crippen LogP contribution in [-0.2, 0) is 36.8 Å². The number of anilines is 6. The van der Waals surface area contributed by atoms with Gasteiger partial charge in [-0.05, 0) is 274 Å². The van der Waals surface area contributed by atoms with Crippen LogP contribution in [0.1, 0.15) is 197 Å². The number of nitrogens with two attached hydrogens (primary N) is 2. The lowest BCUT2D eigenvalue weighted by atomic mass is 9.83. The van der Waals surface area contributed by atoms with Crippen molar-refractivity contribution in [2.24, 2.45) is 23.3 Å². The van der Waals surface area contributed by atoms with Gasteiger partial charge >= 0.3 is 0 Å². The van der Waals surface area contributed by atoms with E-state index in [-0.39, 0.29) is 11.1 Å². The van der Waals surface area contributed by atoms with Gasteiger partial charge in [0, 0.05) is 45.2 Å². The van der Waals surface area contributed by atoms with E-state index in [0.717, 1.165) is 105 Å². The molecule has 0 heterocycles. The summed E-state index contributed by atoms with van der Waals surface area (Å²) in [5, 5.41) is 0. The van der Waals surface area contributed by atoms with Crippen molar-refractivity contribution >= 4 is 34.1 Å². The van der Waals surface area contributed by atoms with Crippen molar-refractivity contribution in [1.29, 1.82) is 0 Å². The Balaban J connectivity index is 0.971. The monoisotopic (exact) mass is 1360 g/mol. The van der Waals surface area contributed by atoms with Crippen molar-refractivity contribution in [2.45, 2.75) is 203 Å². The van der Waals surface area contributed by atoms with Crippen LogP contribution in [0, 0.1) is 25.7 Å². The highest BCUT2D eigenvalue weighted by molar-refractivity contribution is 5.87. The number of hydrogen-bond acceptors (Lipinski definition) is 4. The fourth-order valence-electron chi connectivity index (χ4n) is 15.7. The van der Waals surface area contributed by atoms with Gasteiger partial charge in [0.15, 0.2) is 0 Å². The second kappa shape index (κ2) is 34.9. The third kappa shape index (κ3) is 18.5. The summed E-state index contributed by atoms with van der Waals surface area (Å²) in [6, 6.07) is 92.5. The molecule has 11 rings (SSSR count). The number of rotatable bonds is 33. The van der Waals surface area contributed by atoms with Crippen LogP contribution >= 0.6 is 0 Å². The van der Waals surface area contributed by atoms with Crippen molar-refractivity contribution in [2.75, 3.05) is 9.80 Å². The van der Waals surface area contributed by atoms with Crippen molar-refractivity contribution in [1.82, 2.24) is 0 Å². The lowest BCUT2D eigenvalue weighted by Crippen LogP contribution is -2.35. The smallest absolute Gasteiger partial charge is 0.0464 e. The Morgan fingerprint density at radius 3 is 0.903 bits per heavy atom. The highest BCUT2D eigenvalue weighted by atomic mass is 15.1. The summed E-state index contributed by atoms with van der Waals surface area (Å²) in [7, 11) is 0. The second-order valence-electron chi connectivity index (χ2n) is 30.8. The first kappa shape index (κ1) is 75.1. The molecular formula is C99H116N4. The molecule has 11 aromatic carbocycles. The molecular weight excluding hydrogens is 1250 g/mol. The molecule has 0 aliphatic heterocycles. The average Bonchev–Trinajstić information content (AvgIpc) is 0.772. The van der Waals surface area contributed by atoms with Gasteiger partial charge in [0.05, 0.1) is 0 Å². The van der Waals surface area contributed by atoms with Gasteiger partial charge in [-0.1, -0.05) is 284 Å². The number of unbranched alkanes of at least 4 members (excludes halogenated alkanes) is 6. The Labute approximate surface area is 620 Å². The van der Waals surface area contributed by atoms with Gasteiger partial charge in [0.2, 0.25) is 0 Å². The van der Waals surface area contributed by atoms with Crippen molar-refractivity contribution < 1.29 is 0 Å². The molecule has 4 nitrogen and oxygen atoms in total. The molecule has 4 heteroatoms. The normalized spacial score (nSPS) is 12.8. The van der Waals surface area contributed by atoms with Gasteiger partial charge in [0.25, 0.3) is 0 Å². The maximum atomic E-state index is 6.98. The van der Waals surface area contributed by atoms with E-state index in [1.807, 2.05) is 0 Å². The number of hydrogen-bond donors (Lipinski definition) is 2. The summed E-state index contributed by atoms with van der Waals surface area (Å²) in [6.45, 7) is 27.2. The van der Waals surface area contributed by atoms with Crippen LogP contribution in [0.3, 0.4) is 0 Å². The molecule has 532 valence electrons.